The minimum absolute atomic E-state index is 0. The zero-order valence-electron chi connectivity index (χ0n) is 22.2. The van der Waals surface area contributed by atoms with Gasteiger partial charge in [-0.15, -0.1) is 0 Å². The third-order valence-electron chi connectivity index (χ3n) is 3.64. The van der Waals surface area contributed by atoms with Gasteiger partial charge in [-0.25, -0.2) is 0 Å². The van der Waals surface area contributed by atoms with Crippen molar-refractivity contribution in [2.45, 2.75) is 0 Å². The first-order valence-corrected chi connectivity index (χ1v) is 11.6. The van der Waals surface area contributed by atoms with Crippen LogP contribution in [-0.4, -0.2) is 58.1 Å². The maximum Gasteiger partial charge on any atom is 3.00 e. The summed E-state index contributed by atoms with van der Waals surface area (Å²) in [7, 11) is 0. The van der Waals surface area contributed by atoms with Gasteiger partial charge in [0.25, 0.3) is 0 Å². The maximum absolute atomic E-state index is 10.6. The molecule has 221 valence electrons. The molecule has 0 fully saturated rings. The number of hydrogen-bond acceptors (Lipinski definition) is 12. The maximum atomic E-state index is 10.6. The molecule has 12 N–H and O–H groups in total. The molecule has 3 rings (SSSR count). The Morgan fingerprint density at radius 1 is 0.425 bits per heavy atom. The van der Waals surface area contributed by atoms with Gasteiger partial charge >= 0.3 is 17.1 Å². The van der Waals surface area contributed by atoms with E-state index < -0.39 is 0 Å². The smallest absolute Gasteiger partial charge is 0.872 e. The second-order valence-corrected chi connectivity index (χ2v) is 6.70. The number of rotatable bonds is 6. The Labute approximate surface area is 245 Å². The van der Waals surface area contributed by atoms with E-state index in [2.05, 4.69) is 0 Å². The summed E-state index contributed by atoms with van der Waals surface area (Å²) in [5.74, 6) is -0.646. The monoisotopic (exact) mass is 599 g/mol. The van der Waals surface area contributed by atoms with Crippen molar-refractivity contribution in [2.75, 3.05) is 39.3 Å². The van der Waals surface area contributed by atoms with Crippen LogP contribution in [0.2, 0.25) is 0 Å². The molecular formula is C27H39FeN6O6. The fourth-order valence-corrected chi connectivity index (χ4v) is 1.73. The van der Waals surface area contributed by atoms with Gasteiger partial charge in [0.2, 0.25) is 0 Å². The van der Waals surface area contributed by atoms with E-state index in [1.165, 1.54) is 36.4 Å². The molecule has 12 nitrogen and oxygen atoms in total. The van der Waals surface area contributed by atoms with Crippen LogP contribution in [0.1, 0.15) is 31.1 Å². The minimum atomic E-state index is -0.215. The molecule has 0 amide bonds. The number of aldehydes is 3. The zero-order valence-corrected chi connectivity index (χ0v) is 23.3. The number of nitrogens with two attached hydrogens (primary N) is 6. The largest absolute Gasteiger partial charge is 3.00 e. The topological polar surface area (TPSA) is 277 Å². The van der Waals surface area contributed by atoms with E-state index in [4.69, 9.17) is 34.4 Å². The first-order valence-electron chi connectivity index (χ1n) is 11.6. The van der Waals surface area contributed by atoms with Gasteiger partial charge in [-0.3, -0.25) is 14.4 Å². The Balaban J connectivity index is -0.000000202. The third-order valence-corrected chi connectivity index (χ3v) is 3.64. The molecule has 0 spiro atoms. The molecule has 0 saturated carbocycles. The Bertz CT molecular complexity index is 881. The number of carbonyl (C=O) groups is 3. The van der Waals surface area contributed by atoms with Crippen molar-refractivity contribution in [2.24, 2.45) is 34.4 Å². The molecule has 13 heteroatoms. The summed E-state index contributed by atoms with van der Waals surface area (Å²) in [4.78, 5) is 30.1. The molecule has 0 bridgehead atoms. The fraction of sp³-hybridized carbons (Fsp3) is 0.222. The van der Waals surface area contributed by atoms with Crippen LogP contribution >= 0.6 is 0 Å². The van der Waals surface area contributed by atoms with Crippen molar-refractivity contribution in [1.82, 2.24) is 0 Å². The van der Waals surface area contributed by atoms with Gasteiger partial charge < -0.3 is 49.7 Å². The molecule has 40 heavy (non-hydrogen) atoms. The minimum Gasteiger partial charge on any atom is -0.872 e. The van der Waals surface area contributed by atoms with Crippen LogP contribution in [0.4, 0.5) is 0 Å². The van der Waals surface area contributed by atoms with Crippen LogP contribution in [0, 0.1) is 0 Å². The van der Waals surface area contributed by atoms with Gasteiger partial charge in [0.15, 0.2) is 0 Å². The zero-order chi connectivity index (χ0) is 30.3. The number of carbonyl (C=O) groups excluding carboxylic acids is 3. The van der Waals surface area contributed by atoms with Crippen molar-refractivity contribution < 1.29 is 46.8 Å². The van der Waals surface area contributed by atoms with Crippen LogP contribution in [-0.2, 0) is 17.1 Å². The van der Waals surface area contributed by atoms with E-state index in [0.29, 0.717) is 58.1 Å². The van der Waals surface area contributed by atoms with Gasteiger partial charge in [-0.05, 0) is 0 Å². The van der Waals surface area contributed by atoms with Crippen LogP contribution in [0.25, 0.3) is 0 Å². The van der Waals surface area contributed by atoms with Crippen molar-refractivity contribution in [3.63, 3.8) is 0 Å². The van der Waals surface area contributed by atoms with Crippen molar-refractivity contribution in [3.05, 3.63) is 89.5 Å². The molecule has 0 aliphatic carbocycles. The molecule has 1 radical (unpaired) electrons. The quantitative estimate of drug-likeness (QED) is 0.138. The number of para-hydroxylation sites is 3. The second kappa shape index (κ2) is 33.4. The molecule has 0 aromatic heterocycles. The van der Waals surface area contributed by atoms with Gasteiger partial charge in [-0.1, -0.05) is 90.0 Å². The molecule has 0 atom stereocenters. The first-order chi connectivity index (χ1) is 18.8. The molecule has 0 unspecified atom stereocenters. The van der Waals surface area contributed by atoms with Crippen LogP contribution in [0.5, 0.6) is 17.2 Å². The molecule has 0 aliphatic rings. The fourth-order valence-electron chi connectivity index (χ4n) is 1.73. The molecular weight excluding hydrogens is 560 g/mol. The van der Waals surface area contributed by atoms with Crippen LogP contribution in [0.3, 0.4) is 0 Å². The predicted molar refractivity (Wildman–Crippen MR) is 148 cm³/mol. The van der Waals surface area contributed by atoms with E-state index >= 15 is 0 Å². The summed E-state index contributed by atoms with van der Waals surface area (Å²) in [5.41, 5.74) is 30.1. The summed E-state index contributed by atoms with van der Waals surface area (Å²) in [6.07, 6.45) is 1.67. The molecule has 3 aromatic rings. The van der Waals surface area contributed by atoms with Gasteiger partial charge in [0.1, 0.15) is 18.9 Å². The Hall–Kier alpha value is -3.65. The van der Waals surface area contributed by atoms with Crippen molar-refractivity contribution >= 4 is 18.9 Å². The van der Waals surface area contributed by atoms with Crippen LogP contribution < -0.4 is 49.7 Å². The van der Waals surface area contributed by atoms with Gasteiger partial charge in [0, 0.05) is 56.0 Å². The van der Waals surface area contributed by atoms with Gasteiger partial charge in [0.05, 0.1) is 0 Å². The second-order valence-electron chi connectivity index (χ2n) is 6.70. The first kappa shape index (κ1) is 43.4. The van der Waals surface area contributed by atoms with E-state index in [9.17, 15) is 29.7 Å². The van der Waals surface area contributed by atoms with Crippen LogP contribution in [0.15, 0.2) is 72.8 Å². The molecule has 0 saturated heterocycles. The summed E-state index contributed by atoms with van der Waals surface area (Å²) in [6.45, 7) is 3.58. The van der Waals surface area contributed by atoms with E-state index in [-0.39, 0.29) is 51.0 Å². The van der Waals surface area contributed by atoms with Crippen molar-refractivity contribution in [3.8, 4) is 17.2 Å². The summed E-state index contributed by atoms with van der Waals surface area (Å²) in [6, 6.07) is 18.4. The Morgan fingerprint density at radius 2 is 0.600 bits per heavy atom. The molecule has 0 heterocycles. The summed E-state index contributed by atoms with van der Waals surface area (Å²) in [5, 5.41) is 31.9. The molecule has 0 aliphatic heterocycles. The van der Waals surface area contributed by atoms with E-state index in [1.807, 2.05) is 0 Å². The molecule has 3 aromatic carbocycles. The van der Waals surface area contributed by atoms with Gasteiger partial charge in [-0.2, -0.15) is 0 Å². The normalized spacial score (nSPS) is 8.25. The predicted octanol–water partition coefficient (Wildman–Crippen LogP) is -1.57. The number of benzene rings is 3. The van der Waals surface area contributed by atoms with E-state index in [0.717, 1.165) is 0 Å². The SMILES string of the molecule is NCCN.NCCN.NCCN.O=Cc1ccccc1[O-].O=Cc1ccccc1[O-].O=Cc1ccccc1[O-].[Fe+3]. The average Bonchev–Trinajstić information content (AvgIpc) is 2.99. The average molecular weight is 599 g/mol. The van der Waals surface area contributed by atoms with E-state index in [1.54, 1.807) is 36.4 Å². The van der Waals surface area contributed by atoms with Crippen molar-refractivity contribution in [1.29, 1.82) is 0 Å². The third kappa shape index (κ3) is 26.0. The summed E-state index contributed by atoms with van der Waals surface area (Å²) >= 11 is 0. The standard InChI is InChI=1S/3C7H6O2.3C2H8N2.Fe/c3*8-5-6-3-1-2-4-7(6)9;3*3-1-2-4;/h3*1-5,9H;3*1-4H2;/q;;;;;;+3/p-3. The Kier molecular flexibility index (Phi) is 36.2. The number of hydrogen-bond donors (Lipinski definition) is 6. The Morgan fingerprint density at radius 3 is 0.700 bits per heavy atom. The summed E-state index contributed by atoms with van der Waals surface area (Å²) < 4.78 is 0.